The SMILES string of the molecule is Fc1ccc(Nc2cc(Nc3cccc(Br)c3)ncn2)c(F)c1F. The Morgan fingerprint density at radius 1 is 0.833 bits per heavy atom. The van der Waals surface area contributed by atoms with Crippen LogP contribution in [-0.4, -0.2) is 9.97 Å². The third kappa shape index (κ3) is 3.65. The van der Waals surface area contributed by atoms with Crippen molar-refractivity contribution in [2.24, 2.45) is 0 Å². The Balaban J connectivity index is 1.82. The monoisotopic (exact) mass is 394 g/mol. The Morgan fingerprint density at radius 3 is 2.33 bits per heavy atom. The van der Waals surface area contributed by atoms with Crippen molar-refractivity contribution in [3.8, 4) is 0 Å². The standard InChI is InChI=1S/C16H10BrF3N4/c17-9-2-1-3-10(6-9)23-13-7-14(22-8-21-13)24-12-5-4-11(18)15(19)16(12)20/h1-8H,(H2,21,22,23,24). The number of hydrogen-bond acceptors (Lipinski definition) is 4. The zero-order chi connectivity index (χ0) is 17.1. The highest BCUT2D eigenvalue weighted by Gasteiger charge is 2.14. The van der Waals surface area contributed by atoms with Gasteiger partial charge in [0.25, 0.3) is 0 Å². The van der Waals surface area contributed by atoms with Crippen molar-refractivity contribution in [3.05, 3.63) is 70.7 Å². The summed E-state index contributed by atoms with van der Waals surface area (Å²) in [6, 6.07) is 10.9. The summed E-state index contributed by atoms with van der Waals surface area (Å²) in [5.41, 5.74) is 0.564. The van der Waals surface area contributed by atoms with E-state index in [4.69, 9.17) is 0 Å². The van der Waals surface area contributed by atoms with Crippen LogP contribution in [0.25, 0.3) is 0 Å². The maximum absolute atomic E-state index is 13.7. The summed E-state index contributed by atoms with van der Waals surface area (Å²) in [7, 11) is 0. The fraction of sp³-hybridized carbons (Fsp3) is 0. The molecular weight excluding hydrogens is 385 g/mol. The van der Waals surface area contributed by atoms with Gasteiger partial charge in [-0.1, -0.05) is 22.0 Å². The molecule has 0 aliphatic heterocycles. The van der Waals surface area contributed by atoms with E-state index < -0.39 is 17.5 Å². The molecule has 0 fully saturated rings. The molecule has 0 bridgehead atoms. The van der Waals surface area contributed by atoms with Crippen LogP contribution in [0.5, 0.6) is 0 Å². The van der Waals surface area contributed by atoms with Gasteiger partial charge in [-0.15, -0.1) is 0 Å². The molecule has 2 N–H and O–H groups in total. The molecule has 2 aromatic carbocycles. The maximum atomic E-state index is 13.7. The minimum atomic E-state index is -1.54. The van der Waals surface area contributed by atoms with Crippen molar-refractivity contribution in [1.29, 1.82) is 0 Å². The predicted molar refractivity (Wildman–Crippen MR) is 89.1 cm³/mol. The Bertz CT molecular complexity index is 889. The summed E-state index contributed by atoms with van der Waals surface area (Å²) in [4.78, 5) is 7.99. The Morgan fingerprint density at radius 2 is 1.58 bits per heavy atom. The number of nitrogens with zero attached hydrogens (tertiary/aromatic N) is 2. The molecule has 0 spiro atoms. The molecule has 4 nitrogen and oxygen atoms in total. The van der Waals surface area contributed by atoms with Crippen molar-refractivity contribution < 1.29 is 13.2 Å². The molecule has 0 aliphatic carbocycles. The first kappa shape index (κ1) is 16.3. The highest BCUT2D eigenvalue weighted by atomic mass is 79.9. The van der Waals surface area contributed by atoms with Crippen LogP contribution in [0.3, 0.4) is 0 Å². The zero-order valence-electron chi connectivity index (χ0n) is 12.0. The smallest absolute Gasteiger partial charge is 0.196 e. The summed E-state index contributed by atoms with van der Waals surface area (Å²) >= 11 is 3.36. The maximum Gasteiger partial charge on any atom is 0.196 e. The molecule has 3 aromatic rings. The van der Waals surface area contributed by atoms with Crippen molar-refractivity contribution in [3.63, 3.8) is 0 Å². The summed E-state index contributed by atoms with van der Waals surface area (Å²) in [5, 5.41) is 5.65. The molecule has 1 heterocycles. The second kappa shape index (κ2) is 6.88. The average Bonchev–Trinajstić information content (AvgIpc) is 2.56. The van der Waals surface area contributed by atoms with Crippen molar-refractivity contribution >= 4 is 38.9 Å². The van der Waals surface area contributed by atoms with E-state index in [2.05, 4.69) is 36.5 Å². The molecule has 122 valence electrons. The van der Waals surface area contributed by atoms with Crippen LogP contribution in [0.4, 0.5) is 36.2 Å². The van der Waals surface area contributed by atoms with E-state index in [-0.39, 0.29) is 11.5 Å². The van der Waals surface area contributed by atoms with E-state index >= 15 is 0 Å². The van der Waals surface area contributed by atoms with Gasteiger partial charge in [0.1, 0.15) is 18.0 Å². The number of aromatic nitrogens is 2. The van der Waals surface area contributed by atoms with Crippen LogP contribution in [0.15, 0.2) is 53.3 Å². The molecule has 0 saturated carbocycles. The molecule has 0 saturated heterocycles. The average molecular weight is 395 g/mol. The molecule has 0 unspecified atom stereocenters. The molecule has 0 amide bonds. The number of benzene rings is 2. The Hall–Kier alpha value is -2.61. The van der Waals surface area contributed by atoms with Gasteiger partial charge < -0.3 is 10.6 Å². The number of anilines is 4. The molecule has 24 heavy (non-hydrogen) atoms. The molecule has 0 atom stereocenters. The van der Waals surface area contributed by atoms with E-state index in [0.717, 1.165) is 22.3 Å². The van der Waals surface area contributed by atoms with Gasteiger partial charge in [-0.05, 0) is 30.3 Å². The van der Waals surface area contributed by atoms with Crippen LogP contribution >= 0.6 is 15.9 Å². The first-order valence-corrected chi connectivity index (χ1v) is 7.57. The van der Waals surface area contributed by atoms with Crippen LogP contribution in [-0.2, 0) is 0 Å². The van der Waals surface area contributed by atoms with E-state index in [9.17, 15) is 13.2 Å². The lowest BCUT2D eigenvalue weighted by Crippen LogP contribution is -2.02. The van der Waals surface area contributed by atoms with Crippen molar-refractivity contribution in [2.45, 2.75) is 0 Å². The van der Waals surface area contributed by atoms with Gasteiger partial charge in [0, 0.05) is 16.2 Å². The molecule has 1 aromatic heterocycles. The summed E-state index contributed by atoms with van der Waals surface area (Å²) in [6.07, 6.45) is 1.26. The first-order valence-electron chi connectivity index (χ1n) is 6.78. The van der Waals surface area contributed by atoms with Gasteiger partial charge in [0.2, 0.25) is 0 Å². The fourth-order valence-electron chi connectivity index (χ4n) is 1.97. The normalized spacial score (nSPS) is 10.5. The third-order valence-corrected chi connectivity index (χ3v) is 3.56. The fourth-order valence-corrected chi connectivity index (χ4v) is 2.37. The second-order valence-electron chi connectivity index (χ2n) is 4.77. The summed E-state index contributed by atoms with van der Waals surface area (Å²) in [5.74, 6) is -3.42. The molecule has 0 radical (unpaired) electrons. The van der Waals surface area contributed by atoms with Crippen LogP contribution in [0.2, 0.25) is 0 Å². The zero-order valence-corrected chi connectivity index (χ0v) is 13.6. The van der Waals surface area contributed by atoms with E-state index in [1.165, 1.54) is 12.4 Å². The van der Waals surface area contributed by atoms with Gasteiger partial charge in [-0.2, -0.15) is 0 Å². The van der Waals surface area contributed by atoms with Crippen LogP contribution in [0.1, 0.15) is 0 Å². The first-order chi connectivity index (χ1) is 11.5. The van der Waals surface area contributed by atoms with Crippen LogP contribution in [0, 0.1) is 17.5 Å². The van der Waals surface area contributed by atoms with E-state index in [1.54, 1.807) is 0 Å². The predicted octanol–water partition coefficient (Wildman–Crippen LogP) is 5.14. The van der Waals surface area contributed by atoms with Gasteiger partial charge in [0.05, 0.1) is 5.69 Å². The lowest BCUT2D eigenvalue weighted by atomic mass is 10.2. The number of hydrogen-bond donors (Lipinski definition) is 2. The molecule has 0 aliphatic rings. The Labute approximate surface area is 143 Å². The minimum Gasteiger partial charge on any atom is -0.340 e. The quantitative estimate of drug-likeness (QED) is 0.601. The number of nitrogens with one attached hydrogen (secondary N) is 2. The topological polar surface area (TPSA) is 49.8 Å². The van der Waals surface area contributed by atoms with Gasteiger partial charge >= 0.3 is 0 Å². The largest absolute Gasteiger partial charge is 0.340 e. The highest BCUT2D eigenvalue weighted by molar-refractivity contribution is 9.10. The second-order valence-corrected chi connectivity index (χ2v) is 5.69. The van der Waals surface area contributed by atoms with E-state index in [0.29, 0.717) is 5.82 Å². The van der Waals surface area contributed by atoms with Crippen molar-refractivity contribution in [2.75, 3.05) is 10.6 Å². The molecular formula is C16H10BrF3N4. The van der Waals surface area contributed by atoms with Gasteiger partial charge in [0.15, 0.2) is 17.5 Å². The number of halogens is 4. The summed E-state index contributed by atoms with van der Waals surface area (Å²) < 4.78 is 40.8. The third-order valence-electron chi connectivity index (χ3n) is 3.06. The highest BCUT2D eigenvalue weighted by Crippen LogP contribution is 2.24. The minimum absolute atomic E-state index is 0.221. The van der Waals surface area contributed by atoms with E-state index in [1.807, 2.05) is 24.3 Å². The lowest BCUT2D eigenvalue weighted by molar-refractivity contribution is 0.449. The molecule has 8 heteroatoms. The number of rotatable bonds is 4. The van der Waals surface area contributed by atoms with Crippen molar-refractivity contribution in [1.82, 2.24) is 9.97 Å². The van der Waals surface area contributed by atoms with Gasteiger partial charge in [-0.3, -0.25) is 0 Å². The summed E-state index contributed by atoms with van der Waals surface area (Å²) in [6.45, 7) is 0. The van der Waals surface area contributed by atoms with Gasteiger partial charge in [-0.25, -0.2) is 23.1 Å². The molecule has 3 rings (SSSR count). The Kier molecular flexibility index (Phi) is 4.66. The lowest BCUT2D eigenvalue weighted by Gasteiger charge is -2.10. The van der Waals surface area contributed by atoms with Crippen LogP contribution < -0.4 is 10.6 Å².